The van der Waals surface area contributed by atoms with Crippen molar-refractivity contribution in [2.24, 2.45) is 0 Å². The Bertz CT molecular complexity index is 884. The highest BCUT2D eigenvalue weighted by Gasteiger charge is 2.33. The van der Waals surface area contributed by atoms with Crippen LogP contribution in [0.4, 0.5) is 5.69 Å². The maximum atomic E-state index is 12.7. The van der Waals surface area contributed by atoms with Crippen molar-refractivity contribution in [3.63, 3.8) is 0 Å². The number of hydrogen-bond acceptors (Lipinski definition) is 4. The number of hydrogen-bond donors (Lipinski definition) is 1. The highest BCUT2D eigenvalue weighted by Crippen LogP contribution is 2.34. The normalized spacial score (nSPS) is 14.2. The zero-order valence-corrected chi connectivity index (χ0v) is 17.0. The summed E-state index contributed by atoms with van der Waals surface area (Å²) >= 11 is 3.42. The van der Waals surface area contributed by atoms with E-state index >= 15 is 0 Å². The third kappa shape index (κ3) is 4.08. The number of methoxy groups -OCH3 is 1. The Hall–Kier alpha value is -2.54. The first-order chi connectivity index (χ1) is 12.9. The van der Waals surface area contributed by atoms with Gasteiger partial charge in [0, 0.05) is 16.6 Å². The molecule has 0 aliphatic carbocycles. The summed E-state index contributed by atoms with van der Waals surface area (Å²) in [5, 5.41) is 2.89. The summed E-state index contributed by atoms with van der Waals surface area (Å²) in [5.74, 6) is 0.804. The van der Waals surface area contributed by atoms with E-state index in [1.807, 2.05) is 43.3 Å². The summed E-state index contributed by atoms with van der Waals surface area (Å²) < 4.78 is 11.7. The number of amides is 2. The molecule has 1 aliphatic heterocycles. The topological polar surface area (TPSA) is 67.9 Å². The van der Waals surface area contributed by atoms with Gasteiger partial charge in [-0.1, -0.05) is 22.0 Å². The molecule has 7 heteroatoms. The number of fused-ring (bicyclic) bond motifs is 1. The van der Waals surface area contributed by atoms with Crippen LogP contribution < -0.4 is 19.7 Å². The summed E-state index contributed by atoms with van der Waals surface area (Å²) in [6.07, 6.45) is 0. The molecular weight excluding hydrogens is 412 g/mol. The van der Waals surface area contributed by atoms with Crippen LogP contribution in [-0.4, -0.2) is 31.6 Å². The average molecular weight is 433 g/mol. The third-order valence-corrected chi connectivity index (χ3v) is 4.95. The molecule has 1 N–H and O–H groups in total. The number of aryl methyl sites for hydroxylation is 1. The van der Waals surface area contributed by atoms with Gasteiger partial charge in [-0.3, -0.25) is 14.5 Å². The van der Waals surface area contributed by atoms with E-state index in [-0.39, 0.29) is 18.4 Å². The minimum absolute atomic E-state index is 0.0763. The number of halogens is 1. The first kappa shape index (κ1) is 19.2. The van der Waals surface area contributed by atoms with Gasteiger partial charge in [0.05, 0.1) is 12.8 Å². The van der Waals surface area contributed by atoms with Crippen LogP contribution >= 0.6 is 15.9 Å². The monoisotopic (exact) mass is 432 g/mol. The number of carbonyl (C=O) groups is 2. The summed E-state index contributed by atoms with van der Waals surface area (Å²) in [6, 6.07) is 10.5. The minimum Gasteiger partial charge on any atom is -0.496 e. The van der Waals surface area contributed by atoms with Crippen LogP contribution in [0.3, 0.4) is 0 Å². The molecule has 3 rings (SSSR count). The molecule has 0 fully saturated rings. The van der Waals surface area contributed by atoms with E-state index in [4.69, 9.17) is 9.47 Å². The van der Waals surface area contributed by atoms with E-state index in [1.54, 1.807) is 14.0 Å². The van der Waals surface area contributed by atoms with Crippen molar-refractivity contribution in [2.45, 2.75) is 26.4 Å². The Kier molecular flexibility index (Phi) is 5.70. The van der Waals surface area contributed by atoms with Crippen molar-refractivity contribution in [2.75, 3.05) is 18.6 Å². The number of ether oxygens (including phenoxy) is 2. The molecule has 6 nitrogen and oxygen atoms in total. The van der Waals surface area contributed by atoms with Crippen molar-refractivity contribution in [3.8, 4) is 11.5 Å². The van der Waals surface area contributed by atoms with Crippen molar-refractivity contribution < 1.29 is 19.1 Å². The molecule has 0 bridgehead atoms. The van der Waals surface area contributed by atoms with Crippen LogP contribution in [0.5, 0.6) is 11.5 Å². The molecule has 1 aliphatic rings. The fourth-order valence-electron chi connectivity index (χ4n) is 3.04. The van der Waals surface area contributed by atoms with Crippen molar-refractivity contribution in [3.05, 3.63) is 52.0 Å². The van der Waals surface area contributed by atoms with E-state index in [2.05, 4.69) is 21.2 Å². The van der Waals surface area contributed by atoms with Crippen molar-refractivity contribution in [1.82, 2.24) is 5.32 Å². The van der Waals surface area contributed by atoms with Gasteiger partial charge in [0.2, 0.25) is 5.91 Å². The van der Waals surface area contributed by atoms with E-state index in [9.17, 15) is 9.59 Å². The Morgan fingerprint density at radius 2 is 2.11 bits per heavy atom. The predicted octanol–water partition coefficient (Wildman–Crippen LogP) is 3.20. The second-order valence-electron chi connectivity index (χ2n) is 6.37. The molecule has 0 saturated heterocycles. The second kappa shape index (κ2) is 8.00. The molecule has 0 saturated carbocycles. The van der Waals surface area contributed by atoms with Crippen LogP contribution in [0.1, 0.15) is 18.1 Å². The van der Waals surface area contributed by atoms with E-state index < -0.39 is 6.04 Å². The fourth-order valence-corrected chi connectivity index (χ4v) is 3.45. The van der Waals surface area contributed by atoms with Crippen molar-refractivity contribution >= 4 is 33.4 Å². The SMILES string of the molecule is COc1ccc(Br)cc1CNC(=O)C(C)N1C(=O)COc2ccc(C)cc21. The van der Waals surface area contributed by atoms with Gasteiger partial charge in [-0.25, -0.2) is 0 Å². The predicted molar refractivity (Wildman–Crippen MR) is 106 cm³/mol. The smallest absolute Gasteiger partial charge is 0.265 e. The van der Waals surface area contributed by atoms with Gasteiger partial charge in [0.1, 0.15) is 17.5 Å². The highest BCUT2D eigenvalue weighted by molar-refractivity contribution is 9.10. The molecule has 1 atom stereocenters. The molecule has 2 aromatic carbocycles. The molecule has 2 amide bonds. The van der Waals surface area contributed by atoms with Crippen LogP contribution in [0.25, 0.3) is 0 Å². The maximum absolute atomic E-state index is 12.7. The Morgan fingerprint density at radius 3 is 2.85 bits per heavy atom. The lowest BCUT2D eigenvalue weighted by Gasteiger charge is -2.33. The minimum atomic E-state index is -0.667. The maximum Gasteiger partial charge on any atom is 0.265 e. The lowest BCUT2D eigenvalue weighted by Crippen LogP contribution is -2.51. The van der Waals surface area contributed by atoms with Crippen LogP contribution in [-0.2, 0) is 16.1 Å². The quantitative estimate of drug-likeness (QED) is 0.787. The van der Waals surface area contributed by atoms with Gasteiger partial charge in [0.15, 0.2) is 6.61 Å². The fraction of sp³-hybridized carbons (Fsp3) is 0.300. The summed E-state index contributed by atoms with van der Waals surface area (Å²) in [4.78, 5) is 26.7. The number of nitrogens with one attached hydrogen (secondary N) is 1. The Labute approximate surface area is 166 Å². The number of rotatable bonds is 5. The highest BCUT2D eigenvalue weighted by atomic mass is 79.9. The molecule has 0 aromatic heterocycles. The zero-order valence-electron chi connectivity index (χ0n) is 15.4. The largest absolute Gasteiger partial charge is 0.496 e. The molecule has 27 heavy (non-hydrogen) atoms. The van der Waals surface area contributed by atoms with Gasteiger partial charge in [-0.15, -0.1) is 0 Å². The second-order valence-corrected chi connectivity index (χ2v) is 7.29. The van der Waals surface area contributed by atoms with Gasteiger partial charge in [0.25, 0.3) is 5.91 Å². The van der Waals surface area contributed by atoms with E-state index in [0.717, 1.165) is 15.6 Å². The van der Waals surface area contributed by atoms with Crippen molar-refractivity contribution in [1.29, 1.82) is 0 Å². The molecule has 142 valence electrons. The van der Waals surface area contributed by atoms with E-state index in [1.165, 1.54) is 4.90 Å². The standard InChI is InChI=1S/C20H21BrN2O4/c1-12-4-6-18-16(8-12)23(19(24)11-27-18)13(2)20(25)22-10-14-9-15(21)5-7-17(14)26-3/h4-9,13H,10-11H2,1-3H3,(H,22,25). The number of benzene rings is 2. The molecular formula is C20H21BrN2O4. The summed E-state index contributed by atoms with van der Waals surface area (Å²) in [5.41, 5.74) is 2.45. The van der Waals surface area contributed by atoms with Gasteiger partial charge < -0.3 is 14.8 Å². The Morgan fingerprint density at radius 1 is 1.33 bits per heavy atom. The Balaban J connectivity index is 1.77. The van der Waals surface area contributed by atoms with Crippen LogP contribution in [0, 0.1) is 6.92 Å². The third-order valence-electron chi connectivity index (χ3n) is 4.46. The number of anilines is 1. The van der Waals surface area contributed by atoms with Gasteiger partial charge in [-0.2, -0.15) is 0 Å². The molecule has 0 radical (unpaired) electrons. The van der Waals surface area contributed by atoms with E-state index in [0.29, 0.717) is 23.7 Å². The average Bonchev–Trinajstić information content (AvgIpc) is 2.65. The number of carbonyl (C=O) groups excluding carboxylic acids is 2. The lowest BCUT2D eigenvalue weighted by molar-refractivity contribution is -0.127. The zero-order chi connectivity index (χ0) is 19.6. The number of nitrogens with zero attached hydrogens (tertiary/aromatic N) is 1. The summed E-state index contributed by atoms with van der Waals surface area (Å²) in [6.45, 7) is 3.86. The first-order valence-electron chi connectivity index (χ1n) is 8.56. The molecule has 2 aromatic rings. The summed E-state index contributed by atoms with van der Waals surface area (Å²) in [7, 11) is 1.59. The van der Waals surface area contributed by atoms with Gasteiger partial charge >= 0.3 is 0 Å². The first-order valence-corrected chi connectivity index (χ1v) is 9.35. The molecule has 1 unspecified atom stereocenters. The van der Waals surface area contributed by atoms with Gasteiger partial charge in [-0.05, 0) is 49.7 Å². The molecule has 0 spiro atoms. The lowest BCUT2D eigenvalue weighted by atomic mass is 10.1. The van der Waals surface area contributed by atoms with Crippen LogP contribution in [0.15, 0.2) is 40.9 Å². The van der Waals surface area contributed by atoms with Crippen LogP contribution in [0.2, 0.25) is 0 Å². The molecule has 1 heterocycles.